The summed E-state index contributed by atoms with van der Waals surface area (Å²) in [4.78, 5) is 4.44. The van der Waals surface area contributed by atoms with E-state index in [9.17, 15) is 0 Å². The van der Waals surface area contributed by atoms with Crippen molar-refractivity contribution < 1.29 is 9.47 Å². The molecule has 0 aliphatic heterocycles. The van der Waals surface area contributed by atoms with Crippen LogP contribution in [0.15, 0.2) is 47.6 Å². The number of hydrogen-bond acceptors (Lipinski definition) is 7. The molecule has 1 heterocycles. The molecule has 0 spiro atoms. The third kappa shape index (κ3) is 3.62. The third-order valence-corrected chi connectivity index (χ3v) is 4.09. The van der Waals surface area contributed by atoms with Gasteiger partial charge in [-0.05, 0) is 35.9 Å². The van der Waals surface area contributed by atoms with Crippen LogP contribution in [-0.2, 0) is 0 Å². The standard InChI is InChI=1S/C17H14N4O2S/c1-22-15-10-12(6-7-14(15)23-9-8-18)11-19-21-17-20-13-4-2-3-5-16(13)24-17/h2-7,10-11H,9H2,1H3,(H,20,21)/b19-11-. The average molecular weight is 338 g/mol. The van der Waals surface area contributed by atoms with E-state index < -0.39 is 0 Å². The van der Waals surface area contributed by atoms with Gasteiger partial charge in [0.05, 0.1) is 23.5 Å². The molecule has 0 radical (unpaired) electrons. The zero-order valence-corrected chi connectivity index (χ0v) is 13.7. The Labute approximate surface area is 143 Å². The molecule has 0 bridgehead atoms. The lowest BCUT2D eigenvalue weighted by molar-refractivity contribution is 0.329. The number of anilines is 1. The Bertz CT molecular complexity index is 881. The second kappa shape index (κ2) is 7.44. The van der Waals surface area contributed by atoms with Gasteiger partial charge in [-0.1, -0.05) is 23.5 Å². The number of rotatable bonds is 6. The topological polar surface area (TPSA) is 79.5 Å². The van der Waals surface area contributed by atoms with Crippen LogP contribution >= 0.6 is 11.3 Å². The lowest BCUT2D eigenvalue weighted by atomic mass is 10.2. The van der Waals surface area contributed by atoms with Crippen LogP contribution in [0.1, 0.15) is 5.56 Å². The number of hydrogen-bond donors (Lipinski definition) is 1. The Kier molecular flexibility index (Phi) is 4.89. The van der Waals surface area contributed by atoms with Gasteiger partial charge in [-0.25, -0.2) is 4.98 Å². The fourth-order valence-electron chi connectivity index (χ4n) is 2.08. The van der Waals surface area contributed by atoms with Crippen LogP contribution in [0.2, 0.25) is 0 Å². The molecule has 0 fully saturated rings. The summed E-state index contributed by atoms with van der Waals surface area (Å²) >= 11 is 1.54. The van der Waals surface area contributed by atoms with Gasteiger partial charge in [0.15, 0.2) is 18.1 Å². The summed E-state index contributed by atoms with van der Waals surface area (Å²) in [7, 11) is 1.55. The summed E-state index contributed by atoms with van der Waals surface area (Å²) in [6, 6.07) is 15.2. The van der Waals surface area contributed by atoms with Crippen LogP contribution in [0.5, 0.6) is 11.5 Å². The first-order chi connectivity index (χ1) is 11.8. The summed E-state index contributed by atoms with van der Waals surface area (Å²) in [6.45, 7) is -0.0248. The minimum atomic E-state index is -0.0248. The van der Waals surface area contributed by atoms with Crippen LogP contribution in [0.4, 0.5) is 5.13 Å². The van der Waals surface area contributed by atoms with Crippen LogP contribution in [-0.4, -0.2) is 24.9 Å². The maximum Gasteiger partial charge on any atom is 0.204 e. The van der Waals surface area contributed by atoms with E-state index >= 15 is 0 Å². The number of methoxy groups -OCH3 is 1. The van der Waals surface area contributed by atoms with Crippen molar-refractivity contribution in [1.82, 2.24) is 4.98 Å². The molecule has 0 unspecified atom stereocenters. The molecule has 120 valence electrons. The molecule has 0 saturated carbocycles. The van der Waals surface area contributed by atoms with Gasteiger partial charge >= 0.3 is 0 Å². The van der Waals surface area contributed by atoms with Gasteiger partial charge in [0.1, 0.15) is 6.07 Å². The minimum Gasteiger partial charge on any atom is -0.493 e. The summed E-state index contributed by atoms with van der Waals surface area (Å²) < 4.78 is 11.7. The Hall–Kier alpha value is -3.11. The Morgan fingerprint density at radius 3 is 2.96 bits per heavy atom. The smallest absolute Gasteiger partial charge is 0.204 e. The van der Waals surface area contributed by atoms with Crippen LogP contribution < -0.4 is 14.9 Å². The van der Waals surface area contributed by atoms with Crippen molar-refractivity contribution >= 4 is 32.9 Å². The van der Waals surface area contributed by atoms with Crippen LogP contribution in [0.25, 0.3) is 10.2 Å². The highest BCUT2D eigenvalue weighted by Crippen LogP contribution is 2.28. The van der Waals surface area contributed by atoms with E-state index in [1.165, 1.54) is 0 Å². The average Bonchev–Trinajstić information content (AvgIpc) is 3.03. The predicted molar refractivity (Wildman–Crippen MR) is 94.9 cm³/mol. The molecule has 3 rings (SSSR count). The number of nitrogens with zero attached hydrogens (tertiary/aromatic N) is 3. The zero-order valence-electron chi connectivity index (χ0n) is 12.9. The largest absolute Gasteiger partial charge is 0.493 e. The number of ether oxygens (including phenoxy) is 2. The quantitative estimate of drug-likeness (QED) is 0.548. The zero-order chi connectivity index (χ0) is 16.8. The van der Waals surface area contributed by atoms with Crippen molar-refractivity contribution in [2.45, 2.75) is 0 Å². The van der Waals surface area contributed by atoms with Crippen LogP contribution in [0, 0.1) is 11.3 Å². The third-order valence-electron chi connectivity index (χ3n) is 3.15. The Balaban J connectivity index is 1.70. The van der Waals surface area contributed by atoms with E-state index in [2.05, 4.69) is 15.5 Å². The van der Waals surface area contributed by atoms with Gasteiger partial charge in [0.2, 0.25) is 5.13 Å². The fraction of sp³-hybridized carbons (Fsp3) is 0.118. The minimum absolute atomic E-state index is 0.0248. The summed E-state index contributed by atoms with van der Waals surface area (Å²) in [6.07, 6.45) is 1.67. The van der Waals surface area contributed by atoms with E-state index in [0.29, 0.717) is 11.5 Å². The summed E-state index contributed by atoms with van der Waals surface area (Å²) in [5.41, 5.74) is 4.71. The van der Waals surface area contributed by atoms with Crippen molar-refractivity contribution in [3.63, 3.8) is 0 Å². The second-order valence-corrected chi connectivity index (χ2v) is 5.74. The first-order valence-electron chi connectivity index (χ1n) is 7.12. The number of fused-ring (bicyclic) bond motifs is 1. The van der Waals surface area contributed by atoms with Crippen molar-refractivity contribution in [3.05, 3.63) is 48.0 Å². The molecule has 1 N–H and O–H groups in total. The van der Waals surface area contributed by atoms with Gasteiger partial charge < -0.3 is 9.47 Å². The highest BCUT2D eigenvalue weighted by atomic mass is 32.1. The Morgan fingerprint density at radius 2 is 2.17 bits per heavy atom. The maximum absolute atomic E-state index is 8.57. The highest BCUT2D eigenvalue weighted by molar-refractivity contribution is 7.22. The number of aromatic nitrogens is 1. The predicted octanol–water partition coefficient (Wildman–Crippen LogP) is 3.65. The SMILES string of the molecule is COc1cc(/C=N\Nc2nc3ccccc3s2)ccc1OCC#N. The number of benzene rings is 2. The lowest BCUT2D eigenvalue weighted by Crippen LogP contribution is -1.97. The van der Waals surface area contributed by atoms with Gasteiger partial charge in [0.25, 0.3) is 0 Å². The molecule has 2 aromatic carbocycles. The molecule has 0 saturated heterocycles. The normalized spacial score (nSPS) is 10.7. The highest BCUT2D eigenvalue weighted by Gasteiger charge is 2.05. The number of nitrogens with one attached hydrogen (secondary N) is 1. The first kappa shape index (κ1) is 15.8. The fourth-order valence-corrected chi connectivity index (χ4v) is 2.89. The van der Waals surface area contributed by atoms with Gasteiger partial charge in [-0.15, -0.1) is 0 Å². The van der Waals surface area contributed by atoms with Crippen LogP contribution in [0.3, 0.4) is 0 Å². The molecule has 0 amide bonds. The monoisotopic (exact) mass is 338 g/mol. The van der Waals surface area contributed by atoms with Gasteiger partial charge in [0, 0.05) is 0 Å². The Morgan fingerprint density at radius 1 is 1.29 bits per heavy atom. The summed E-state index contributed by atoms with van der Waals surface area (Å²) in [5.74, 6) is 1.07. The number of nitriles is 1. The first-order valence-corrected chi connectivity index (χ1v) is 7.94. The summed E-state index contributed by atoms with van der Waals surface area (Å²) in [5, 5.41) is 13.5. The van der Waals surface area contributed by atoms with Crippen molar-refractivity contribution in [2.75, 3.05) is 19.1 Å². The molecule has 0 aliphatic carbocycles. The van der Waals surface area contributed by atoms with Crippen molar-refractivity contribution in [3.8, 4) is 17.6 Å². The van der Waals surface area contributed by atoms with Crippen molar-refractivity contribution in [2.24, 2.45) is 5.10 Å². The second-order valence-electron chi connectivity index (χ2n) is 4.71. The molecule has 24 heavy (non-hydrogen) atoms. The number of para-hydroxylation sites is 1. The van der Waals surface area contributed by atoms with Gasteiger partial charge in [-0.2, -0.15) is 10.4 Å². The molecule has 0 aliphatic rings. The van der Waals surface area contributed by atoms with E-state index in [-0.39, 0.29) is 6.61 Å². The molecule has 7 heteroatoms. The molecular weight excluding hydrogens is 324 g/mol. The molecule has 6 nitrogen and oxygen atoms in total. The van der Waals surface area contributed by atoms with Gasteiger partial charge in [-0.3, -0.25) is 5.43 Å². The number of hydrazone groups is 1. The molecule has 3 aromatic rings. The maximum atomic E-state index is 8.57. The molecular formula is C17H14N4O2S. The lowest BCUT2D eigenvalue weighted by Gasteiger charge is -2.08. The van der Waals surface area contributed by atoms with E-state index in [1.807, 2.05) is 36.4 Å². The van der Waals surface area contributed by atoms with E-state index in [1.54, 1.807) is 36.8 Å². The molecule has 1 aromatic heterocycles. The van der Waals surface area contributed by atoms with E-state index in [4.69, 9.17) is 14.7 Å². The number of thiazole rings is 1. The molecule has 0 atom stereocenters. The van der Waals surface area contributed by atoms with Crippen molar-refractivity contribution in [1.29, 1.82) is 5.26 Å². The van der Waals surface area contributed by atoms with E-state index in [0.717, 1.165) is 20.9 Å².